The zero-order valence-electron chi connectivity index (χ0n) is 14.5. The van der Waals surface area contributed by atoms with Crippen LogP contribution in [-0.2, 0) is 4.79 Å². The first-order valence-corrected chi connectivity index (χ1v) is 9.40. The number of rotatable bonds is 0. The highest BCUT2D eigenvalue weighted by Gasteiger charge is 2.69. The molecule has 0 aromatic heterocycles. The van der Waals surface area contributed by atoms with Gasteiger partial charge in [0.2, 0.25) is 0 Å². The Morgan fingerprint density at radius 3 is 2.38 bits per heavy atom. The Morgan fingerprint density at radius 2 is 1.67 bits per heavy atom. The number of hydrogen-bond donors (Lipinski definition) is 3. The molecule has 0 spiro atoms. The van der Waals surface area contributed by atoms with Crippen molar-refractivity contribution in [1.82, 2.24) is 0 Å². The number of ketones is 1. The van der Waals surface area contributed by atoms with Gasteiger partial charge in [-0.15, -0.1) is 0 Å². The van der Waals surface area contributed by atoms with Crippen LogP contribution in [-0.4, -0.2) is 45.1 Å². The maximum Gasteiger partial charge on any atom is 0.177 e. The summed E-state index contributed by atoms with van der Waals surface area (Å²) in [5, 5.41) is 30.6. The van der Waals surface area contributed by atoms with Crippen molar-refractivity contribution in [3.8, 4) is 0 Å². The molecule has 3 N–H and O–H groups in total. The van der Waals surface area contributed by atoms with Gasteiger partial charge >= 0.3 is 0 Å². The van der Waals surface area contributed by atoms with Crippen LogP contribution >= 0.6 is 0 Å². The van der Waals surface area contributed by atoms with Crippen LogP contribution in [0.5, 0.6) is 0 Å². The molecule has 0 aromatic rings. The number of fused-ring (bicyclic) bond motifs is 5. The molecule has 4 aliphatic carbocycles. The third kappa shape index (κ3) is 1.87. The lowest BCUT2D eigenvalue weighted by molar-refractivity contribution is -0.209. The zero-order chi connectivity index (χ0) is 17.5. The van der Waals surface area contributed by atoms with E-state index in [9.17, 15) is 20.1 Å². The number of carbonyl (C=O) groups excluding carboxylic acids is 1. The molecule has 0 heterocycles. The summed E-state index contributed by atoms with van der Waals surface area (Å²) in [6.07, 6.45) is 0.906. The number of aliphatic hydroxyl groups is 3. The topological polar surface area (TPSA) is 77.8 Å². The lowest BCUT2D eigenvalue weighted by Gasteiger charge is -2.62. The molecule has 24 heavy (non-hydrogen) atoms. The second kappa shape index (κ2) is 5.01. The van der Waals surface area contributed by atoms with Gasteiger partial charge in [-0.1, -0.05) is 13.8 Å². The monoisotopic (exact) mass is 340 g/mol. The van der Waals surface area contributed by atoms with Crippen molar-refractivity contribution in [2.75, 3.05) is 0 Å². The summed E-state index contributed by atoms with van der Waals surface area (Å²) in [5.41, 5.74) is -3.11. The summed E-state index contributed by atoms with van der Waals surface area (Å²) >= 11 is 0. The van der Waals surface area contributed by atoms with Crippen molar-refractivity contribution >= 4 is 5.78 Å². The summed E-state index contributed by atoms with van der Waals surface area (Å²) in [7, 11) is 0. The van der Waals surface area contributed by atoms with E-state index in [-0.39, 0.29) is 48.5 Å². The van der Waals surface area contributed by atoms with Gasteiger partial charge in [-0.25, -0.2) is 4.39 Å². The molecule has 5 heteroatoms. The lowest BCUT2D eigenvalue weighted by atomic mass is 9.43. The Labute approximate surface area is 142 Å². The number of alkyl halides is 1. The van der Waals surface area contributed by atoms with E-state index in [4.69, 9.17) is 0 Å². The number of carbonyl (C=O) groups is 1. The first-order chi connectivity index (χ1) is 11.1. The molecule has 4 fully saturated rings. The smallest absolute Gasteiger partial charge is 0.177 e. The van der Waals surface area contributed by atoms with Crippen LogP contribution in [0.25, 0.3) is 0 Å². The van der Waals surface area contributed by atoms with Gasteiger partial charge < -0.3 is 15.3 Å². The highest BCUT2D eigenvalue weighted by atomic mass is 19.1. The predicted octanol–water partition coefficient (Wildman–Crippen LogP) is 1.99. The summed E-state index contributed by atoms with van der Waals surface area (Å²) < 4.78 is 15.8. The minimum Gasteiger partial charge on any atom is -0.393 e. The maximum absolute atomic E-state index is 15.8. The number of halogens is 1. The largest absolute Gasteiger partial charge is 0.393 e. The third-order valence-corrected chi connectivity index (χ3v) is 8.54. The molecular weight excluding hydrogens is 311 g/mol. The second-order valence-electron chi connectivity index (χ2n) is 9.40. The van der Waals surface area contributed by atoms with E-state index in [0.29, 0.717) is 0 Å². The van der Waals surface area contributed by atoms with Gasteiger partial charge in [-0.3, -0.25) is 4.79 Å². The average Bonchev–Trinajstić information content (AvgIpc) is 2.80. The van der Waals surface area contributed by atoms with Crippen LogP contribution < -0.4 is 0 Å². The molecule has 4 nitrogen and oxygen atoms in total. The van der Waals surface area contributed by atoms with Gasteiger partial charge in [0.1, 0.15) is 0 Å². The van der Waals surface area contributed by atoms with Crippen molar-refractivity contribution in [3.63, 3.8) is 0 Å². The number of aliphatic hydroxyl groups excluding tert-OH is 3. The zero-order valence-corrected chi connectivity index (χ0v) is 14.5. The van der Waals surface area contributed by atoms with Gasteiger partial charge in [0, 0.05) is 18.3 Å². The summed E-state index contributed by atoms with van der Waals surface area (Å²) in [5.74, 6) is -0.0288. The van der Waals surface area contributed by atoms with E-state index in [1.165, 1.54) is 0 Å². The van der Waals surface area contributed by atoms with E-state index in [0.717, 1.165) is 25.7 Å². The molecule has 9 atom stereocenters. The van der Waals surface area contributed by atoms with Crippen molar-refractivity contribution in [1.29, 1.82) is 0 Å². The van der Waals surface area contributed by atoms with E-state index in [1.54, 1.807) is 0 Å². The summed E-state index contributed by atoms with van der Waals surface area (Å²) in [6, 6.07) is 0. The molecule has 0 saturated heterocycles. The number of hydrogen-bond acceptors (Lipinski definition) is 4. The minimum atomic E-state index is -2.03. The fraction of sp³-hybridized carbons (Fsp3) is 0.947. The van der Waals surface area contributed by atoms with Crippen molar-refractivity contribution < 1.29 is 24.5 Å². The summed E-state index contributed by atoms with van der Waals surface area (Å²) in [6.45, 7) is 3.93. The molecule has 4 saturated carbocycles. The molecule has 4 rings (SSSR count). The first-order valence-electron chi connectivity index (χ1n) is 9.40. The standard InChI is InChI=1S/C19H29FO4/c1-17-6-5-12-10(11(17)3-4-15(17)23)7-16(24)19(20)9-14(22)13(21)8-18(12,19)2/h10-15,21-23H,3-9H2,1-2H3/t10-,11-,12-,13-,14+,15-,17-,18+,19-/m0/s1. The molecule has 0 radical (unpaired) electrons. The maximum atomic E-state index is 15.8. The van der Waals surface area contributed by atoms with Crippen LogP contribution in [0.2, 0.25) is 0 Å². The van der Waals surface area contributed by atoms with Crippen LogP contribution in [0.3, 0.4) is 0 Å². The molecular formula is C19H29FO4. The SMILES string of the molecule is C[C@]12CC[C@H]3[C@@H](CC(=O)[C@@]4(F)C[C@@H](O)[C@@H](O)C[C@]34C)[C@@H]1CC[C@@H]2O. The Kier molecular flexibility index (Phi) is 3.54. The summed E-state index contributed by atoms with van der Waals surface area (Å²) in [4.78, 5) is 12.8. The van der Waals surface area contributed by atoms with Crippen LogP contribution in [0, 0.1) is 28.6 Å². The highest BCUT2D eigenvalue weighted by molar-refractivity contribution is 5.90. The van der Waals surface area contributed by atoms with Crippen LogP contribution in [0.1, 0.15) is 58.8 Å². The molecule has 0 aromatic carbocycles. The fourth-order valence-electron chi connectivity index (χ4n) is 6.98. The van der Waals surface area contributed by atoms with Gasteiger partial charge in [0.25, 0.3) is 0 Å². The van der Waals surface area contributed by atoms with E-state index in [1.807, 2.05) is 6.92 Å². The Bertz CT molecular complexity index is 568. The highest BCUT2D eigenvalue weighted by Crippen LogP contribution is 2.67. The Hall–Kier alpha value is -0.520. The number of Topliss-reactive ketones (excluding diaryl/α,β-unsaturated/α-hetero) is 1. The molecule has 0 unspecified atom stereocenters. The average molecular weight is 340 g/mol. The van der Waals surface area contributed by atoms with Gasteiger partial charge in [-0.2, -0.15) is 0 Å². The Balaban J connectivity index is 1.74. The van der Waals surface area contributed by atoms with Crippen LogP contribution in [0.4, 0.5) is 4.39 Å². The van der Waals surface area contributed by atoms with Crippen LogP contribution in [0.15, 0.2) is 0 Å². The van der Waals surface area contributed by atoms with Crippen molar-refractivity contribution in [2.45, 2.75) is 82.8 Å². The minimum absolute atomic E-state index is 0.0331. The third-order valence-electron chi connectivity index (χ3n) is 8.54. The fourth-order valence-corrected chi connectivity index (χ4v) is 6.98. The molecule has 136 valence electrons. The quantitative estimate of drug-likeness (QED) is 0.630. The first kappa shape index (κ1) is 16.9. The van der Waals surface area contributed by atoms with E-state index in [2.05, 4.69) is 6.92 Å². The van der Waals surface area contributed by atoms with Crippen molar-refractivity contribution in [3.05, 3.63) is 0 Å². The van der Waals surface area contributed by atoms with Crippen molar-refractivity contribution in [2.24, 2.45) is 28.6 Å². The van der Waals surface area contributed by atoms with Gasteiger partial charge in [-0.05, 0) is 55.3 Å². The molecule has 0 amide bonds. The van der Waals surface area contributed by atoms with Gasteiger partial charge in [0.15, 0.2) is 11.5 Å². The van der Waals surface area contributed by atoms with Gasteiger partial charge in [0.05, 0.1) is 18.3 Å². The molecule has 4 aliphatic rings. The second-order valence-corrected chi connectivity index (χ2v) is 9.40. The normalized spacial score (nSPS) is 60.3. The van der Waals surface area contributed by atoms with E-state index < -0.39 is 29.1 Å². The Morgan fingerprint density at radius 1 is 1.00 bits per heavy atom. The molecule has 0 aliphatic heterocycles. The van der Waals surface area contributed by atoms with E-state index >= 15 is 4.39 Å². The molecule has 0 bridgehead atoms. The lowest BCUT2D eigenvalue weighted by Crippen LogP contribution is -2.67. The predicted molar refractivity (Wildman–Crippen MR) is 85.9 cm³/mol.